The van der Waals surface area contributed by atoms with Gasteiger partial charge >= 0.3 is 0 Å². The maximum absolute atomic E-state index is 4.83. The Kier molecular flexibility index (Phi) is 4.41. The maximum atomic E-state index is 4.83. The SMILES string of the molecule is C=Cc1c(/C=C\C)c2ccc(-c3nccc4c3sc3ccccc34)cc2c2ccccc12. The number of hydrogen-bond donors (Lipinski definition) is 0. The number of fused-ring (bicyclic) bond motifs is 6. The highest BCUT2D eigenvalue weighted by molar-refractivity contribution is 7.26. The number of thiophene rings is 1. The molecule has 0 fully saturated rings. The van der Waals surface area contributed by atoms with Crippen molar-refractivity contribution in [2.24, 2.45) is 0 Å². The fourth-order valence-electron chi connectivity index (χ4n) is 4.82. The van der Waals surface area contributed by atoms with Crippen molar-refractivity contribution in [1.29, 1.82) is 0 Å². The van der Waals surface area contributed by atoms with Crippen LogP contribution in [0.25, 0.3) is 65.1 Å². The topological polar surface area (TPSA) is 12.9 Å². The summed E-state index contributed by atoms with van der Waals surface area (Å²) in [6.07, 6.45) is 8.20. The molecule has 6 rings (SSSR count). The summed E-state index contributed by atoms with van der Waals surface area (Å²) >= 11 is 1.82. The van der Waals surface area contributed by atoms with Crippen molar-refractivity contribution < 1.29 is 0 Å². The Morgan fingerprint density at radius 2 is 1.50 bits per heavy atom. The molecule has 0 saturated carbocycles. The molecule has 1 nitrogen and oxygen atoms in total. The lowest BCUT2D eigenvalue weighted by atomic mass is 9.90. The van der Waals surface area contributed by atoms with Gasteiger partial charge in [0.1, 0.15) is 0 Å². The Morgan fingerprint density at radius 3 is 2.31 bits per heavy atom. The molecule has 0 aliphatic rings. The number of nitrogens with zero attached hydrogens (tertiary/aromatic N) is 1. The molecule has 4 aromatic carbocycles. The Hall–Kier alpha value is -3.75. The molecule has 0 amide bonds. The van der Waals surface area contributed by atoms with E-state index < -0.39 is 0 Å². The number of rotatable bonds is 3. The van der Waals surface area contributed by atoms with Gasteiger partial charge in [-0.05, 0) is 57.8 Å². The van der Waals surface area contributed by atoms with Crippen LogP contribution < -0.4 is 0 Å². The highest BCUT2D eigenvalue weighted by Crippen LogP contribution is 2.41. The van der Waals surface area contributed by atoms with Gasteiger partial charge in [-0.3, -0.25) is 4.98 Å². The molecule has 2 heteroatoms. The Labute approximate surface area is 191 Å². The molecule has 2 aromatic heterocycles. The van der Waals surface area contributed by atoms with Crippen LogP contribution in [0.15, 0.2) is 91.6 Å². The van der Waals surface area contributed by atoms with Crippen LogP contribution in [0.1, 0.15) is 18.1 Å². The minimum Gasteiger partial charge on any atom is -0.255 e. The summed E-state index contributed by atoms with van der Waals surface area (Å²) in [5, 5.41) is 7.54. The molecule has 0 radical (unpaired) electrons. The van der Waals surface area contributed by atoms with E-state index in [9.17, 15) is 0 Å². The molecule has 0 unspecified atom stereocenters. The zero-order chi connectivity index (χ0) is 21.7. The predicted octanol–water partition coefficient (Wildman–Crippen LogP) is 9.10. The molecule has 2 heterocycles. The van der Waals surface area contributed by atoms with Gasteiger partial charge in [0.15, 0.2) is 0 Å². The first-order valence-corrected chi connectivity index (χ1v) is 11.6. The minimum absolute atomic E-state index is 1.05. The highest BCUT2D eigenvalue weighted by atomic mass is 32.1. The van der Waals surface area contributed by atoms with Crippen molar-refractivity contribution in [3.63, 3.8) is 0 Å². The van der Waals surface area contributed by atoms with Crippen molar-refractivity contribution in [3.05, 3.63) is 103 Å². The van der Waals surface area contributed by atoms with Crippen LogP contribution in [0.4, 0.5) is 0 Å². The maximum Gasteiger partial charge on any atom is 0.0880 e. The van der Waals surface area contributed by atoms with Gasteiger partial charge in [-0.1, -0.05) is 79.4 Å². The van der Waals surface area contributed by atoms with Crippen LogP contribution in [0.2, 0.25) is 0 Å². The summed E-state index contributed by atoms with van der Waals surface area (Å²) in [5.74, 6) is 0. The molecule has 0 spiro atoms. The second-order valence-electron chi connectivity index (χ2n) is 7.97. The van der Waals surface area contributed by atoms with Gasteiger partial charge < -0.3 is 0 Å². The predicted molar refractivity (Wildman–Crippen MR) is 142 cm³/mol. The van der Waals surface area contributed by atoms with Gasteiger partial charge in [-0.15, -0.1) is 11.3 Å². The zero-order valence-electron chi connectivity index (χ0n) is 17.8. The van der Waals surface area contributed by atoms with Crippen LogP contribution in [0.5, 0.6) is 0 Å². The van der Waals surface area contributed by atoms with E-state index in [1.165, 1.54) is 52.8 Å². The lowest BCUT2D eigenvalue weighted by molar-refractivity contribution is 1.37. The smallest absolute Gasteiger partial charge is 0.0880 e. The van der Waals surface area contributed by atoms with Crippen LogP contribution >= 0.6 is 11.3 Å². The first-order chi connectivity index (χ1) is 15.8. The van der Waals surface area contributed by atoms with Crippen molar-refractivity contribution >= 4 is 65.2 Å². The van der Waals surface area contributed by atoms with Crippen molar-refractivity contribution in [2.45, 2.75) is 6.92 Å². The van der Waals surface area contributed by atoms with E-state index >= 15 is 0 Å². The molecular formula is C30H21NS. The zero-order valence-corrected chi connectivity index (χ0v) is 18.6. The van der Waals surface area contributed by atoms with E-state index in [0.29, 0.717) is 0 Å². The molecule has 32 heavy (non-hydrogen) atoms. The van der Waals surface area contributed by atoms with Crippen molar-refractivity contribution in [3.8, 4) is 11.3 Å². The second kappa shape index (κ2) is 7.44. The molecule has 152 valence electrons. The summed E-state index contributed by atoms with van der Waals surface area (Å²) in [6.45, 7) is 6.17. The quantitative estimate of drug-likeness (QED) is 0.257. The van der Waals surface area contributed by atoms with E-state index in [-0.39, 0.29) is 0 Å². The molecule has 0 bridgehead atoms. The van der Waals surface area contributed by atoms with E-state index in [0.717, 1.165) is 11.3 Å². The summed E-state index contributed by atoms with van der Waals surface area (Å²) in [7, 11) is 0. The minimum atomic E-state index is 1.05. The summed E-state index contributed by atoms with van der Waals surface area (Å²) < 4.78 is 2.54. The standard InChI is InChI=1S/C30H21NS/c1-3-9-21-20(4-2)22-10-5-6-11-23(22)27-18-19(14-15-24(21)27)29-30-26(16-17-31-29)25-12-7-8-13-28(25)32-30/h3-18H,2H2,1H3/b9-3-. The lowest BCUT2D eigenvalue weighted by Gasteiger charge is -2.14. The van der Waals surface area contributed by atoms with Gasteiger partial charge in [0.2, 0.25) is 0 Å². The third-order valence-electron chi connectivity index (χ3n) is 6.21. The van der Waals surface area contributed by atoms with Gasteiger partial charge in [-0.25, -0.2) is 0 Å². The number of aromatic nitrogens is 1. The molecule has 0 aliphatic heterocycles. The molecule has 0 saturated heterocycles. The van der Waals surface area contributed by atoms with Gasteiger partial charge in [0.25, 0.3) is 0 Å². The summed E-state index contributed by atoms with van der Waals surface area (Å²) in [6, 6.07) is 26.1. The Bertz CT molecular complexity index is 1700. The highest BCUT2D eigenvalue weighted by Gasteiger charge is 2.15. The van der Waals surface area contributed by atoms with E-state index in [2.05, 4.69) is 98.5 Å². The third-order valence-corrected chi connectivity index (χ3v) is 7.41. The monoisotopic (exact) mass is 427 g/mol. The molecule has 6 aromatic rings. The average molecular weight is 428 g/mol. The van der Waals surface area contributed by atoms with Crippen LogP contribution in [-0.4, -0.2) is 4.98 Å². The molecule has 0 N–H and O–H groups in total. The number of pyridine rings is 1. The Balaban J connectivity index is 1.71. The summed E-state index contributed by atoms with van der Waals surface area (Å²) in [4.78, 5) is 4.83. The summed E-state index contributed by atoms with van der Waals surface area (Å²) in [5.41, 5.74) is 4.60. The molecule has 0 atom stereocenters. The largest absolute Gasteiger partial charge is 0.255 e. The Morgan fingerprint density at radius 1 is 0.750 bits per heavy atom. The van der Waals surface area contributed by atoms with Gasteiger partial charge in [-0.2, -0.15) is 0 Å². The molecular weight excluding hydrogens is 406 g/mol. The average Bonchev–Trinajstić information content (AvgIpc) is 3.23. The van der Waals surface area contributed by atoms with E-state index in [1.807, 2.05) is 23.6 Å². The fraction of sp³-hybridized carbons (Fsp3) is 0.0333. The first-order valence-electron chi connectivity index (χ1n) is 10.8. The van der Waals surface area contributed by atoms with Crippen LogP contribution in [-0.2, 0) is 0 Å². The van der Waals surface area contributed by atoms with E-state index in [1.54, 1.807) is 0 Å². The van der Waals surface area contributed by atoms with Gasteiger partial charge in [0, 0.05) is 27.2 Å². The number of hydrogen-bond acceptors (Lipinski definition) is 2. The first kappa shape index (κ1) is 19.0. The van der Waals surface area contributed by atoms with Crippen molar-refractivity contribution in [1.82, 2.24) is 4.98 Å². The van der Waals surface area contributed by atoms with Crippen molar-refractivity contribution in [2.75, 3.05) is 0 Å². The molecule has 0 aliphatic carbocycles. The van der Waals surface area contributed by atoms with Gasteiger partial charge in [0.05, 0.1) is 10.4 Å². The van der Waals surface area contributed by atoms with E-state index in [4.69, 9.17) is 4.98 Å². The normalized spacial score (nSPS) is 11.9. The lowest BCUT2D eigenvalue weighted by Crippen LogP contribution is -1.91. The van der Waals surface area contributed by atoms with Crippen LogP contribution in [0.3, 0.4) is 0 Å². The second-order valence-corrected chi connectivity index (χ2v) is 9.02. The van der Waals surface area contributed by atoms with Crippen LogP contribution in [0, 0.1) is 0 Å². The third kappa shape index (κ3) is 2.73. The number of allylic oxidation sites excluding steroid dienone is 1. The fourth-order valence-corrected chi connectivity index (χ4v) is 6.03. The number of benzene rings is 4.